The van der Waals surface area contributed by atoms with Crippen LogP contribution in [-0.2, 0) is 12.8 Å². The smallest absolute Gasteiger partial charge is 0.204 e. The third kappa shape index (κ3) is 1.99. The Hall–Kier alpha value is -1.13. The van der Waals surface area contributed by atoms with Gasteiger partial charge >= 0.3 is 0 Å². The molecule has 0 aliphatic heterocycles. The van der Waals surface area contributed by atoms with Crippen LogP contribution in [-0.4, -0.2) is 5.78 Å². The van der Waals surface area contributed by atoms with Crippen molar-refractivity contribution < 1.29 is 4.79 Å². The Morgan fingerprint density at radius 1 is 1.28 bits per heavy atom. The molecular weight excluding hydrogens is 310 g/mol. The standard InChI is InChI=1S/C14H12BrNOS/c15-11-7-9(16)4-5-10(11)14(17)13-6-8-2-1-3-12(8)18-13/h4-7H,1-3,16H2. The van der Waals surface area contributed by atoms with E-state index in [1.807, 2.05) is 0 Å². The summed E-state index contributed by atoms with van der Waals surface area (Å²) in [5.74, 6) is 0.0845. The lowest BCUT2D eigenvalue weighted by Crippen LogP contribution is -2.00. The number of anilines is 1. The van der Waals surface area contributed by atoms with Crippen molar-refractivity contribution in [2.75, 3.05) is 5.73 Å². The molecule has 1 aliphatic rings. The molecule has 2 nitrogen and oxygen atoms in total. The summed E-state index contributed by atoms with van der Waals surface area (Å²) in [7, 11) is 0. The van der Waals surface area contributed by atoms with Gasteiger partial charge in [0.25, 0.3) is 0 Å². The maximum atomic E-state index is 12.4. The first kappa shape index (κ1) is 11.9. The van der Waals surface area contributed by atoms with Crippen molar-refractivity contribution >= 4 is 38.7 Å². The number of carbonyl (C=O) groups excluding carboxylic acids is 1. The summed E-state index contributed by atoms with van der Waals surface area (Å²) in [6.07, 6.45) is 3.46. The molecule has 4 heteroatoms. The number of aryl methyl sites for hydroxylation is 2. The van der Waals surface area contributed by atoms with Crippen LogP contribution in [0.2, 0.25) is 0 Å². The number of rotatable bonds is 2. The Labute approximate surface area is 118 Å². The largest absolute Gasteiger partial charge is 0.399 e. The quantitative estimate of drug-likeness (QED) is 0.675. The molecule has 0 atom stereocenters. The van der Waals surface area contributed by atoms with Crippen molar-refractivity contribution in [1.82, 2.24) is 0 Å². The van der Waals surface area contributed by atoms with E-state index < -0.39 is 0 Å². The van der Waals surface area contributed by atoms with E-state index in [2.05, 4.69) is 22.0 Å². The van der Waals surface area contributed by atoms with Crippen molar-refractivity contribution in [2.45, 2.75) is 19.3 Å². The van der Waals surface area contributed by atoms with E-state index in [1.54, 1.807) is 29.5 Å². The molecule has 0 saturated carbocycles. The lowest BCUT2D eigenvalue weighted by atomic mass is 10.1. The van der Waals surface area contributed by atoms with Gasteiger partial charge in [-0.25, -0.2) is 0 Å². The van der Waals surface area contributed by atoms with E-state index in [0.717, 1.165) is 22.2 Å². The highest BCUT2D eigenvalue weighted by atomic mass is 79.9. The second kappa shape index (κ2) is 4.52. The van der Waals surface area contributed by atoms with Gasteiger partial charge in [-0.3, -0.25) is 4.79 Å². The summed E-state index contributed by atoms with van der Waals surface area (Å²) in [4.78, 5) is 14.6. The molecule has 0 saturated heterocycles. The lowest BCUT2D eigenvalue weighted by molar-refractivity contribution is 0.104. The number of carbonyl (C=O) groups is 1. The van der Waals surface area contributed by atoms with Crippen LogP contribution in [0.25, 0.3) is 0 Å². The number of thiophene rings is 1. The predicted molar refractivity (Wildman–Crippen MR) is 78.3 cm³/mol. The summed E-state index contributed by atoms with van der Waals surface area (Å²) in [5.41, 5.74) is 8.39. The third-order valence-corrected chi connectivity index (χ3v) is 5.10. The minimum absolute atomic E-state index is 0.0845. The highest BCUT2D eigenvalue weighted by Crippen LogP contribution is 2.33. The summed E-state index contributed by atoms with van der Waals surface area (Å²) < 4.78 is 0.765. The van der Waals surface area contributed by atoms with Gasteiger partial charge in [-0.15, -0.1) is 11.3 Å². The number of nitrogen functional groups attached to an aromatic ring is 1. The Morgan fingerprint density at radius 3 is 2.83 bits per heavy atom. The van der Waals surface area contributed by atoms with Crippen LogP contribution in [0.1, 0.15) is 32.1 Å². The summed E-state index contributed by atoms with van der Waals surface area (Å²) in [5, 5.41) is 0. The molecule has 0 unspecified atom stereocenters. The number of fused-ring (bicyclic) bond motifs is 1. The van der Waals surface area contributed by atoms with E-state index in [0.29, 0.717) is 11.3 Å². The van der Waals surface area contributed by atoms with Crippen LogP contribution < -0.4 is 5.73 Å². The molecule has 2 aromatic rings. The molecule has 18 heavy (non-hydrogen) atoms. The van der Waals surface area contributed by atoms with Crippen molar-refractivity contribution in [3.63, 3.8) is 0 Å². The molecule has 3 rings (SSSR count). The zero-order chi connectivity index (χ0) is 12.7. The van der Waals surface area contributed by atoms with Gasteiger partial charge in [0.1, 0.15) is 0 Å². The number of nitrogens with two attached hydrogens (primary N) is 1. The molecular formula is C14H12BrNOS. The highest BCUT2D eigenvalue weighted by Gasteiger charge is 2.20. The van der Waals surface area contributed by atoms with Gasteiger partial charge < -0.3 is 5.73 Å². The summed E-state index contributed by atoms with van der Waals surface area (Å²) >= 11 is 5.04. The van der Waals surface area contributed by atoms with Gasteiger partial charge in [0.05, 0.1) is 4.88 Å². The van der Waals surface area contributed by atoms with E-state index in [9.17, 15) is 4.79 Å². The lowest BCUT2D eigenvalue weighted by Gasteiger charge is -2.03. The predicted octanol–water partition coefficient (Wildman–Crippen LogP) is 3.81. The average molecular weight is 322 g/mol. The van der Waals surface area contributed by atoms with E-state index in [4.69, 9.17) is 5.73 Å². The van der Waals surface area contributed by atoms with Crippen molar-refractivity contribution in [1.29, 1.82) is 0 Å². The van der Waals surface area contributed by atoms with Gasteiger partial charge in [-0.1, -0.05) is 0 Å². The minimum atomic E-state index is 0.0845. The van der Waals surface area contributed by atoms with Crippen LogP contribution in [0.15, 0.2) is 28.7 Å². The van der Waals surface area contributed by atoms with Gasteiger partial charge in [-0.2, -0.15) is 0 Å². The van der Waals surface area contributed by atoms with Crippen molar-refractivity contribution in [3.8, 4) is 0 Å². The first-order chi connectivity index (χ1) is 8.65. The fraction of sp³-hybridized carbons (Fsp3) is 0.214. The zero-order valence-corrected chi connectivity index (χ0v) is 12.1. The topological polar surface area (TPSA) is 43.1 Å². The maximum Gasteiger partial charge on any atom is 0.204 e. The zero-order valence-electron chi connectivity index (χ0n) is 9.70. The van der Waals surface area contributed by atoms with Crippen LogP contribution in [0.3, 0.4) is 0 Å². The number of hydrogen-bond donors (Lipinski definition) is 1. The van der Waals surface area contributed by atoms with Gasteiger partial charge in [0.2, 0.25) is 5.78 Å². The Balaban J connectivity index is 1.98. The summed E-state index contributed by atoms with van der Waals surface area (Å²) in [6, 6.07) is 7.37. The van der Waals surface area contributed by atoms with E-state index in [-0.39, 0.29) is 5.78 Å². The Morgan fingerprint density at radius 2 is 2.11 bits per heavy atom. The minimum Gasteiger partial charge on any atom is -0.399 e. The third-order valence-electron chi connectivity index (χ3n) is 3.21. The second-order valence-electron chi connectivity index (χ2n) is 4.48. The van der Waals surface area contributed by atoms with Crippen LogP contribution in [0, 0.1) is 0 Å². The number of halogens is 1. The van der Waals surface area contributed by atoms with Crippen LogP contribution in [0.5, 0.6) is 0 Å². The molecule has 0 fully saturated rings. The van der Waals surface area contributed by atoms with E-state index in [1.165, 1.54) is 16.9 Å². The van der Waals surface area contributed by atoms with Crippen LogP contribution >= 0.6 is 27.3 Å². The molecule has 1 heterocycles. The van der Waals surface area contributed by atoms with Crippen LogP contribution in [0.4, 0.5) is 5.69 Å². The molecule has 0 amide bonds. The molecule has 1 aromatic heterocycles. The van der Waals surface area contributed by atoms with Crippen molar-refractivity contribution in [2.24, 2.45) is 0 Å². The van der Waals surface area contributed by atoms with E-state index >= 15 is 0 Å². The molecule has 92 valence electrons. The fourth-order valence-electron chi connectivity index (χ4n) is 2.29. The van der Waals surface area contributed by atoms with Crippen molar-refractivity contribution in [3.05, 3.63) is 49.6 Å². The molecule has 0 radical (unpaired) electrons. The monoisotopic (exact) mass is 321 g/mol. The molecule has 1 aliphatic carbocycles. The molecule has 0 spiro atoms. The highest BCUT2D eigenvalue weighted by molar-refractivity contribution is 9.10. The van der Waals surface area contributed by atoms with Gasteiger partial charge in [0.15, 0.2) is 0 Å². The average Bonchev–Trinajstić information content (AvgIpc) is 2.87. The molecule has 2 N–H and O–H groups in total. The first-order valence-corrected chi connectivity index (χ1v) is 7.47. The summed E-state index contributed by atoms with van der Waals surface area (Å²) in [6.45, 7) is 0. The Kier molecular flexibility index (Phi) is 2.99. The van der Waals surface area contributed by atoms with Gasteiger partial charge in [-0.05, 0) is 65.0 Å². The fourth-order valence-corrected chi connectivity index (χ4v) is 4.07. The van der Waals surface area contributed by atoms with Gasteiger partial charge in [0, 0.05) is 20.6 Å². The normalized spacial score (nSPS) is 13.6. The molecule has 0 bridgehead atoms. The maximum absolute atomic E-state index is 12.4. The molecule has 1 aromatic carbocycles. The number of ketones is 1. The Bertz CT molecular complexity index is 611. The number of hydrogen-bond acceptors (Lipinski definition) is 3. The first-order valence-electron chi connectivity index (χ1n) is 5.86. The number of benzene rings is 1. The SMILES string of the molecule is Nc1ccc(C(=O)c2cc3c(s2)CCC3)c(Br)c1. The second-order valence-corrected chi connectivity index (χ2v) is 6.47.